The summed E-state index contributed by atoms with van der Waals surface area (Å²) in [6.45, 7) is 0.572. The molecule has 0 aliphatic carbocycles. The van der Waals surface area contributed by atoms with Gasteiger partial charge in [0.15, 0.2) is 0 Å². The molecule has 0 saturated heterocycles. The van der Waals surface area contributed by atoms with Crippen LogP contribution in [0.25, 0.3) is 0 Å². The number of nitrogens with one attached hydrogen (secondary N) is 1. The van der Waals surface area contributed by atoms with Crippen molar-refractivity contribution in [3.63, 3.8) is 0 Å². The fourth-order valence-corrected chi connectivity index (χ4v) is 1.71. The van der Waals surface area contributed by atoms with Gasteiger partial charge in [0.1, 0.15) is 5.82 Å². The van der Waals surface area contributed by atoms with E-state index in [1.54, 1.807) is 12.3 Å². The van der Waals surface area contributed by atoms with Crippen molar-refractivity contribution in [2.24, 2.45) is 0 Å². The molecule has 4 heteroatoms. The molecule has 0 aliphatic heterocycles. The van der Waals surface area contributed by atoms with Gasteiger partial charge < -0.3 is 5.32 Å². The molecule has 0 aliphatic rings. The van der Waals surface area contributed by atoms with Gasteiger partial charge in [-0.3, -0.25) is 4.98 Å². The molecule has 0 bridgehead atoms. The lowest BCUT2D eigenvalue weighted by Crippen LogP contribution is -2.01. The van der Waals surface area contributed by atoms with Crippen LogP contribution in [0.3, 0.4) is 0 Å². The maximum atomic E-state index is 13.0. The van der Waals surface area contributed by atoms with Crippen molar-refractivity contribution in [1.29, 1.82) is 0 Å². The van der Waals surface area contributed by atoms with Crippen molar-refractivity contribution >= 4 is 21.6 Å². The van der Waals surface area contributed by atoms with Crippen molar-refractivity contribution in [3.8, 4) is 0 Å². The van der Waals surface area contributed by atoms with Crippen LogP contribution in [0.4, 0.5) is 10.1 Å². The summed E-state index contributed by atoms with van der Waals surface area (Å²) in [5.41, 5.74) is 1.64. The molecule has 0 spiro atoms. The first-order chi connectivity index (χ1) is 7.75. The lowest BCUT2D eigenvalue weighted by molar-refractivity contribution is 0.628. The Morgan fingerprint density at radius 2 is 2.12 bits per heavy atom. The van der Waals surface area contributed by atoms with E-state index in [1.807, 2.05) is 18.2 Å². The van der Waals surface area contributed by atoms with Gasteiger partial charge in [0.05, 0.1) is 17.9 Å². The molecule has 2 rings (SSSR count). The maximum absolute atomic E-state index is 13.0. The average Bonchev–Trinajstić information content (AvgIpc) is 2.32. The van der Waals surface area contributed by atoms with E-state index in [1.165, 1.54) is 12.1 Å². The Hall–Kier alpha value is -1.42. The van der Waals surface area contributed by atoms with Crippen molar-refractivity contribution in [1.82, 2.24) is 4.98 Å². The number of hydrogen-bond donors (Lipinski definition) is 1. The second kappa shape index (κ2) is 5.07. The van der Waals surface area contributed by atoms with E-state index in [4.69, 9.17) is 0 Å². The number of anilines is 1. The average molecular weight is 281 g/mol. The first-order valence-corrected chi connectivity index (χ1v) is 5.64. The number of hydrogen-bond acceptors (Lipinski definition) is 2. The fourth-order valence-electron chi connectivity index (χ4n) is 1.32. The Morgan fingerprint density at radius 1 is 1.25 bits per heavy atom. The maximum Gasteiger partial charge on any atom is 0.125 e. The molecule has 0 radical (unpaired) electrons. The lowest BCUT2D eigenvalue weighted by Gasteiger charge is -2.07. The van der Waals surface area contributed by atoms with Gasteiger partial charge in [0.2, 0.25) is 0 Å². The highest BCUT2D eigenvalue weighted by atomic mass is 79.9. The molecule has 0 unspecified atom stereocenters. The molecular formula is C12H10BrFN2. The van der Waals surface area contributed by atoms with Crippen molar-refractivity contribution in [3.05, 3.63) is 58.6 Å². The van der Waals surface area contributed by atoms with E-state index in [-0.39, 0.29) is 5.82 Å². The van der Waals surface area contributed by atoms with E-state index < -0.39 is 0 Å². The van der Waals surface area contributed by atoms with Gasteiger partial charge in [-0.25, -0.2) is 4.39 Å². The first kappa shape index (κ1) is 11.1. The standard InChI is InChI=1S/C12H10BrFN2/c13-11-5-4-9(14)7-12(11)16-8-10-3-1-2-6-15-10/h1-7,16H,8H2. The van der Waals surface area contributed by atoms with Gasteiger partial charge >= 0.3 is 0 Å². The zero-order valence-corrected chi connectivity index (χ0v) is 10.0. The van der Waals surface area contributed by atoms with Crippen LogP contribution in [0, 0.1) is 5.82 Å². The smallest absolute Gasteiger partial charge is 0.125 e. The van der Waals surface area contributed by atoms with Crippen LogP contribution in [0.1, 0.15) is 5.69 Å². The fraction of sp³-hybridized carbons (Fsp3) is 0.0833. The summed E-state index contributed by atoms with van der Waals surface area (Å²) in [4.78, 5) is 4.17. The zero-order valence-electron chi connectivity index (χ0n) is 8.45. The van der Waals surface area contributed by atoms with Gasteiger partial charge in [-0.05, 0) is 46.3 Å². The van der Waals surface area contributed by atoms with E-state index in [9.17, 15) is 4.39 Å². The number of aromatic nitrogens is 1. The minimum atomic E-state index is -0.258. The molecule has 1 heterocycles. The highest BCUT2D eigenvalue weighted by Gasteiger charge is 2.01. The molecule has 1 aromatic carbocycles. The Kier molecular flexibility index (Phi) is 3.51. The van der Waals surface area contributed by atoms with Crippen molar-refractivity contribution < 1.29 is 4.39 Å². The monoisotopic (exact) mass is 280 g/mol. The number of rotatable bonds is 3. The molecule has 0 amide bonds. The molecule has 0 atom stereocenters. The topological polar surface area (TPSA) is 24.9 Å². The minimum Gasteiger partial charge on any atom is -0.378 e. The molecule has 16 heavy (non-hydrogen) atoms. The Bertz CT molecular complexity index is 474. The van der Waals surface area contributed by atoms with E-state index in [2.05, 4.69) is 26.2 Å². The van der Waals surface area contributed by atoms with E-state index in [0.29, 0.717) is 6.54 Å². The molecule has 1 aromatic heterocycles. The third-order valence-electron chi connectivity index (χ3n) is 2.11. The van der Waals surface area contributed by atoms with Crippen LogP contribution in [-0.4, -0.2) is 4.98 Å². The van der Waals surface area contributed by atoms with Gasteiger partial charge in [0.25, 0.3) is 0 Å². The Labute approximate surface area is 102 Å². The van der Waals surface area contributed by atoms with Gasteiger partial charge in [-0.1, -0.05) is 6.07 Å². The van der Waals surface area contributed by atoms with Gasteiger partial charge in [-0.15, -0.1) is 0 Å². The predicted octanol–water partition coefficient (Wildman–Crippen LogP) is 3.60. The highest BCUT2D eigenvalue weighted by molar-refractivity contribution is 9.10. The van der Waals surface area contributed by atoms with E-state index in [0.717, 1.165) is 15.9 Å². The summed E-state index contributed by atoms with van der Waals surface area (Å²) in [5.74, 6) is -0.258. The second-order valence-electron chi connectivity index (χ2n) is 3.30. The van der Waals surface area contributed by atoms with Crippen molar-refractivity contribution in [2.45, 2.75) is 6.54 Å². The Morgan fingerprint density at radius 3 is 2.88 bits per heavy atom. The minimum absolute atomic E-state index is 0.258. The first-order valence-electron chi connectivity index (χ1n) is 4.84. The summed E-state index contributed by atoms with van der Waals surface area (Å²) in [6.07, 6.45) is 1.73. The van der Waals surface area contributed by atoms with Crippen LogP contribution < -0.4 is 5.32 Å². The molecule has 0 saturated carbocycles. The highest BCUT2D eigenvalue weighted by Crippen LogP contribution is 2.23. The quantitative estimate of drug-likeness (QED) is 0.929. The SMILES string of the molecule is Fc1ccc(Br)c(NCc2ccccn2)c1. The molecule has 1 N–H and O–H groups in total. The summed E-state index contributed by atoms with van der Waals surface area (Å²) in [5, 5.41) is 3.12. The molecule has 82 valence electrons. The molecule has 2 nitrogen and oxygen atoms in total. The number of nitrogens with zero attached hydrogens (tertiary/aromatic N) is 1. The molecule has 2 aromatic rings. The van der Waals surface area contributed by atoms with Crippen LogP contribution in [0.2, 0.25) is 0 Å². The van der Waals surface area contributed by atoms with E-state index >= 15 is 0 Å². The third kappa shape index (κ3) is 2.79. The predicted molar refractivity (Wildman–Crippen MR) is 65.7 cm³/mol. The molecular weight excluding hydrogens is 271 g/mol. The summed E-state index contributed by atoms with van der Waals surface area (Å²) in [6, 6.07) is 10.2. The number of benzene rings is 1. The van der Waals surface area contributed by atoms with Crippen LogP contribution >= 0.6 is 15.9 Å². The lowest BCUT2D eigenvalue weighted by atomic mass is 10.3. The number of halogens is 2. The van der Waals surface area contributed by atoms with Gasteiger partial charge in [-0.2, -0.15) is 0 Å². The Balaban J connectivity index is 2.08. The summed E-state index contributed by atoms with van der Waals surface area (Å²) < 4.78 is 13.8. The van der Waals surface area contributed by atoms with Crippen molar-refractivity contribution in [2.75, 3.05) is 5.32 Å². The summed E-state index contributed by atoms with van der Waals surface area (Å²) in [7, 11) is 0. The number of pyridine rings is 1. The third-order valence-corrected chi connectivity index (χ3v) is 2.81. The summed E-state index contributed by atoms with van der Waals surface area (Å²) >= 11 is 3.35. The van der Waals surface area contributed by atoms with Crippen LogP contribution in [0.15, 0.2) is 47.1 Å². The second-order valence-corrected chi connectivity index (χ2v) is 4.15. The normalized spacial score (nSPS) is 10.1. The largest absolute Gasteiger partial charge is 0.378 e. The van der Waals surface area contributed by atoms with Crippen LogP contribution in [-0.2, 0) is 6.54 Å². The van der Waals surface area contributed by atoms with Gasteiger partial charge in [0, 0.05) is 10.7 Å². The molecule has 0 fully saturated rings. The zero-order chi connectivity index (χ0) is 11.4. The van der Waals surface area contributed by atoms with Crippen LogP contribution in [0.5, 0.6) is 0 Å².